The molecule has 2 aromatic rings. The highest BCUT2D eigenvalue weighted by Crippen LogP contribution is 2.25. The number of aryl methyl sites for hydroxylation is 1. The van der Waals surface area contributed by atoms with Gasteiger partial charge < -0.3 is 4.74 Å². The first-order valence-electron chi connectivity index (χ1n) is 7.28. The molecule has 0 aliphatic carbocycles. The predicted molar refractivity (Wildman–Crippen MR) is 79.9 cm³/mol. The van der Waals surface area contributed by atoms with E-state index in [4.69, 9.17) is 4.74 Å². The van der Waals surface area contributed by atoms with E-state index in [1.54, 1.807) is 0 Å². The first kappa shape index (κ1) is 13.2. The number of hydrogen-bond acceptors (Lipinski definition) is 3. The zero-order valence-corrected chi connectivity index (χ0v) is 11.9. The molecule has 4 nitrogen and oxygen atoms in total. The minimum Gasteiger partial charge on any atom is -0.492 e. The molecule has 0 saturated carbocycles. The number of likely N-dealkylation sites (tertiary alicyclic amines) is 1. The number of rotatable bonds is 5. The first-order chi connectivity index (χ1) is 9.83. The third kappa shape index (κ3) is 3.02. The van der Waals surface area contributed by atoms with Crippen molar-refractivity contribution < 1.29 is 4.74 Å². The van der Waals surface area contributed by atoms with Crippen LogP contribution in [0.4, 0.5) is 0 Å². The standard InChI is InChI=1S/C16H21N3O/c1-13-16(12-17-18-13)14-5-4-6-15(11-14)20-10-9-19-7-2-3-8-19/h4-6,11-12H,2-3,7-10H2,1H3,(H,17,18). The fourth-order valence-electron chi connectivity index (χ4n) is 2.69. The van der Waals surface area contributed by atoms with Crippen molar-refractivity contribution in [2.24, 2.45) is 0 Å². The minimum absolute atomic E-state index is 0.758. The van der Waals surface area contributed by atoms with E-state index in [9.17, 15) is 0 Å². The summed E-state index contributed by atoms with van der Waals surface area (Å²) in [6, 6.07) is 8.23. The number of aromatic amines is 1. The summed E-state index contributed by atoms with van der Waals surface area (Å²) >= 11 is 0. The highest BCUT2D eigenvalue weighted by Gasteiger charge is 2.11. The van der Waals surface area contributed by atoms with E-state index in [1.807, 2.05) is 25.3 Å². The fraction of sp³-hybridized carbons (Fsp3) is 0.438. The summed E-state index contributed by atoms with van der Waals surface area (Å²) in [5.41, 5.74) is 3.36. The number of aromatic nitrogens is 2. The molecule has 1 aliphatic heterocycles. The molecule has 3 rings (SSSR count). The smallest absolute Gasteiger partial charge is 0.119 e. The van der Waals surface area contributed by atoms with Gasteiger partial charge in [0, 0.05) is 17.8 Å². The molecule has 1 N–H and O–H groups in total. The van der Waals surface area contributed by atoms with Crippen molar-refractivity contribution in [2.75, 3.05) is 26.2 Å². The third-order valence-corrected chi connectivity index (χ3v) is 3.85. The van der Waals surface area contributed by atoms with Crippen molar-refractivity contribution >= 4 is 0 Å². The molecule has 1 fully saturated rings. The second-order valence-electron chi connectivity index (χ2n) is 5.33. The van der Waals surface area contributed by atoms with Crippen molar-refractivity contribution in [1.29, 1.82) is 0 Å². The molecule has 1 aromatic heterocycles. The summed E-state index contributed by atoms with van der Waals surface area (Å²) in [4.78, 5) is 2.46. The van der Waals surface area contributed by atoms with Crippen LogP contribution in [0.25, 0.3) is 11.1 Å². The van der Waals surface area contributed by atoms with Crippen molar-refractivity contribution in [1.82, 2.24) is 15.1 Å². The second kappa shape index (κ2) is 6.09. The number of H-pyrrole nitrogens is 1. The van der Waals surface area contributed by atoms with Crippen LogP contribution in [0.15, 0.2) is 30.5 Å². The number of benzene rings is 1. The zero-order valence-electron chi connectivity index (χ0n) is 11.9. The Labute approximate surface area is 119 Å². The van der Waals surface area contributed by atoms with Crippen molar-refractivity contribution in [3.8, 4) is 16.9 Å². The molecule has 1 aliphatic rings. The Bertz CT molecular complexity index is 558. The van der Waals surface area contributed by atoms with E-state index < -0.39 is 0 Å². The summed E-state index contributed by atoms with van der Waals surface area (Å²) in [7, 11) is 0. The Morgan fingerprint density at radius 2 is 2.15 bits per heavy atom. The van der Waals surface area contributed by atoms with Gasteiger partial charge >= 0.3 is 0 Å². The molecule has 1 saturated heterocycles. The molecule has 0 amide bonds. The van der Waals surface area contributed by atoms with Crippen LogP contribution in [0.3, 0.4) is 0 Å². The van der Waals surface area contributed by atoms with Crippen LogP contribution in [0.1, 0.15) is 18.5 Å². The summed E-state index contributed by atoms with van der Waals surface area (Å²) in [6.45, 7) is 6.25. The van der Waals surface area contributed by atoms with Gasteiger partial charge in [0.1, 0.15) is 12.4 Å². The molecule has 0 unspecified atom stereocenters. The van der Waals surface area contributed by atoms with Gasteiger partial charge in [-0.1, -0.05) is 12.1 Å². The van der Waals surface area contributed by atoms with Crippen LogP contribution >= 0.6 is 0 Å². The highest BCUT2D eigenvalue weighted by molar-refractivity contribution is 5.66. The molecule has 2 heterocycles. The van der Waals surface area contributed by atoms with Gasteiger partial charge in [0.25, 0.3) is 0 Å². The lowest BCUT2D eigenvalue weighted by Gasteiger charge is -2.15. The number of nitrogens with zero attached hydrogens (tertiary/aromatic N) is 2. The van der Waals surface area contributed by atoms with Crippen molar-refractivity contribution in [2.45, 2.75) is 19.8 Å². The summed E-state index contributed by atoms with van der Waals surface area (Å²) in [6.07, 6.45) is 4.52. The van der Waals surface area contributed by atoms with Gasteiger partial charge in [0.15, 0.2) is 0 Å². The van der Waals surface area contributed by atoms with E-state index in [-0.39, 0.29) is 0 Å². The van der Waals surface area contributed by atoms with Gasteiger partial charge in [-0.3, -0.25) is 10.00 Å². The maximum Gasteiger partial charge on any atom is 0.119 e. The molecular formula is C16H21N3O. The number of hydrogen-bond donors (Lipinski definition) is 1. The van der Waals surface area contributed by atoms with E-state index >= 15 is 0 Å². The van der Waals surface area contributed by atoms with Gasteiger partial charge in [0.2, 0.25) is 0 Å². The van der Waals surface area contributed by atoms with Crippen molar-refractivity contribution in [3.63, 3.8) is 0 Å². The molecule has 1 aromatic carbocycles. The van der Waals surface area contributed by atoms with Gasteiger partial charge in [-0.15, -0.1) is 0 Å². The van der Waals surface area contributed by atoms with E-state index in [0.717, 1.165) is 35.7 Å². The van der Waals surface area contributed by atoms with Crippen LogP contribution < -0.4 is 4.74 Å². The molecule has 0 spiro atoms. The van der Waals surface area contributed by atoms with Crippen LogP contribution in [0.5, 0.6) is 5.75 Å². The largest absolute Gasteiger partial charge is 0.492 e. The van der Waals surface area contributed by atoms with Crippen LogP contribution in [0, 0.1) is 6.92 Å². The maximum absolute atomic E-state index is 5.87. The Morgan fingerprint density at radius 3 is 2.90 bits per heavy atom. The highest BCUT2D eigenvalue weighted by atomic mass is 16.5. The van der Waals surface area contributed by atoms with E-state index in [2.05, 4.69) is 27.2 Å². The minimum atomic E-state index is 0.758. The Hall–Kier alpha value is -1.81. The summed E-state index contributed by atoms with van der Waals surface area (Å²) in [5.74, 6) is 0.933. The fourth-order valence-corrected chi connectivity index (χ4v) is 2.69. The number of ether oxygens (including phenoxy) is 1. The second-order valence-corrected chi connectivity index (χ2v) is 5.33. The van der Waals surface area contributed by atoms with Gasteiger partial charge in [-0.25, -0.2) is 0 Å². The lowest BCUT2D eigenvalue weighted by molar-refractivity contribution is 0.238. The topological polar surface area (TPSA) is 41.1 Å². The average Bonchev–Trinajstić information content (AvgIpc) is 3.11. The quantitative estimate of drug-likeness (QED) is 0.909. The van der Waals surface area contributed by atoms with Crippen molar-refractivity contribution in [3.05, 3.63) is 36.2 Å². The predicted octanol–water partition coefficient (Wildman–Crippen LogP) is 2.86. The molecule has 0 radical (unpaired) electrons. The van der Waals surface area contributed by atoms with Gasteiger partial charge in [0.05, 0.1) is 6.20 Å². The van der Waals surface area contributed by atoms with Crippen LogP contribution in [-0.2, 0) is 0 Å². The molecular weight excluding hydrogens is 250 g/mol. The Balaban J connectivity index is 1.61. The maximum atomic E-state index is 5.87. The molecule has 0 atom stereocenters. The Kier molecular flexibility index (Phi) is 4.02. The van der Waals surface area contributed by atoms with Crippen LogP contribution in [-0.4, -0.2) is 41.3 Å². The monoisotopic (exact) mass is 271 g/mol. The summed E-state index contributed by atoms with van der Waals surface area (Å²) < 4.78 is 5.87. The van der Waals surface area contributed by atoms with Gasteiger partial charge in [-0.05, 0) is 50.6 Å². The van der Waals surface area contributed by atoms with E-state index in [0.29, 0.717) is 0 Å². The first-order valence-corrected chi connectivity index (χ1v) is 7.28. The normalized spacial score (nSPS) is 15.7. The van der Waals surface area contributed by atoms with Crippen LogP contribution in [0.2, 0.25) is 0 Å². The lowest BCUT2D eigenvalue weighted by atomic mass is 10.1. The zero-order chi connectivity index (χ0) is 13.8. The number of nitrogens with one attached hydrogen (secondary N) is 1. The molecule has 20 heavy (non-hydrogen) atoms. The average molecular weight is 271 g/mol. The summed E-state index contributed by atoms with van der Waals surface area (Å²) in [5, 5.41) is 7.04. The molecule has 106 valence electrons. The van der Waals surface area contributed by atoms with Gasteiger partial charge in [-0.2, -0.15) is 5.10 Å². The molecule has 0 bridgehead atoms. The SMILES string of the molecule is Cc1[nH]ncc1-c1cccc(OCCN2CCCC2)c1. The molecule has 4 heteroatoms. The third-order valence-electron chi connectivity index (χ3n) is 3.85. The lowest BCUT2D eigenvalue weighted by Crippen LogP contribution is -2.25. The van der Waals surface area contributed by atoms with E-state index in [1.165, 1.54) is 25.9 Å². The Morgan fingerprint density at radius 1 is 1.30 bits per heavy atom.